The molecule has 0 aromatic carbocycles. The van der Waals surface area contributed by atoms with E-state index in [1.807, 2.05) is 0 Å². The second-order valence-electron chi connectivity index (χ2n) is 4.99. The van der Waals surface area contributed by atoms with Crippen molar-refractivity contribution in [3.05, 3.63) is 0 Å². The SMILES string of the molecule is C.CCCCCOP(=O)([O-])CC.COP(=O)([O-])OCC(O)COP(=O)(O)OC.[Y]. The molecule has 0 aliphatic rings. The summed E-state index contributed by atoms with van der Waals surface area (Å²) in [6.07, 6.45) is 1.64. The maximum absolute atomic E-state index is 10.8. The maximum atomic E-state index is 10.8. The molecule has 0 heterocycles. The number of phosphoric ester groups is 2. The van der Waals surface area contributed by atoms with Gasteiger partial charge in [0.25, 0.3) is 7.82 Å². The van der Waals surface area contributed by atoms with Crippen LogP contribution in [0.15, 0.2) is 0 Å². The van der Waals surface area contributed by atoms with Crippen molar-refractivity contribution >= 4 is 23.2 Å². The van der Waals surface area contributed by atoms with Crippen LogP contribution in [0.5, 0.6) is 0 Å². The van der Waals surface area contributed by atoms with Crippen molar-refractivity contribution in [3.8, 4) is 0 Å². The predicted molar refractivity (Wildman–Crippen MR) is 99.7 cm³/mol. The van der Waals surface area contributed by atoms with Crippen LogP contribution in [0, 0.1) is 0 Å². The van der Waals surface area contributed by atoms with Gasteiger partial charge in [-0.25, -0.2) is 4.57 Å². The fraction of sp³-hybridized carbons (Fsp3) is 1.00. The molecule has 0 amide bonds. The van der Waals surface area contributed by atoms with Crippen LogP contribution in [-0.2, 0) is 69.0 Å². The van der Waals surface area contributed by atoms with Gasteiger partial charge in [-0.2, -0.15) is 0 Å². The Morgan fingerprint density at radius 1 is 0.931 bits per heavy atom. The van der Waals surface area contributed by atoms with E-state index in [2.05, 4.69) is 29.5 Å². The van der Waals surface area contributed by atoms with Gasteiger partial charge in [-0.05, 0) is 6.42 Å². The molecule has 4 unspecified atom stereocenters. The summed E-state index contributed by atoms with van der Waals surface area (Å²) in [6, 6.07) is 0. The fourth-order valence-electron chi connectivity index (χ4n) is 1.16. The summed E-state index contributed by atoms with van der Waals surface area (Å²) < 4.78 is 53.3. The van der Waals surface area contributed by atoms with Crippen LogP contribution in [0.3, 0.4) is 0 Å². The predicted octanol–water partition coefficient (Wildman–Crippen LogP) is 1.64. The minimum absolute atomic E-state index is 0. The molecule has 0 saturated heterocycles. The molecule has 2 N–H and O–H groups in total. The Labute approximate surface area is 198 Å². The number of hydrogen-bond donors (Lipinski definition) is 2. The molecule has 1 radical (unpaired) electrons. The zero-order valence-corrected chi connectivity index (χ0v) is 21.9. The Hall–Kier alpha value is 1.43. The van der Waals surface area contributed by atoms with E-state index in [1.54, 1.807) is 6.92 Å². The first-order valence-electron chi connectivity index (χ1n) is 8.01. The number of aliphatic hydroxyl groups excluding tert-OH is 1. The summed E-state index contributed by atoms with van der Waals surface area (Å²) in [5.41, 5.74) is 0. The van der Waals surface area contributed by atoms with Crippen molar-refractivity contribution in [3.63, 3.8) is 0 Å². The smallest absolute Gasteiger partial charge is 0.472 e. The Bertz CT molecular complexity index is 493. The molecule has 0 aromatic heterocycles. The Kier molecular flexibility index (Phi) is 26.1. The van der Waals surface area contributed by atoms with E-state index in [0.29, 0.717) is 6.61 Å². The molecule has 0 spiro atoms. The van der Waals surface area contributed by atoms with Crippen molar-refractivity contribution in [1.82, 2.24) is 0 Å². The van der Waals surface area contributed by atoms with E-state index < -0.39 is 42.6 Å². The summed E-state index contributed by atoms with van der Waals surface area (Å²) in [7, 11) is -10.2. The third-order valence-corrected chi connectivity index (χ3v) is 5.93. The minimum Gasteiger partial charge on any atom is -0.779 e. The standard InChI is InChI=1S/C7H17O3P.C5H14O9P2.CH4.Y/c1-3-5-6-7-10-11(8,9)4-2;1-11-15(7,8)13-3-5(6)4-14-16(9,10)12-2;;/h3-7H2,1-2H3,(H,8,9);5-6H,3-4H2,1-2H3,(H,7,8)(H,9,10);1H4;/p-2. The molecule has 0 bridgehead atoms. The van der Waals surface area contributed by atoms with Crippen molar-refractivity contribution in [2.45, 2.75) is 46.6 Å². The maximum Gasteiger partial charge on any atom is 0.472 e. The Morgan fingerprint density at radius 3 is 1.86 bits per heavy atom. The molecule has 0 rings (SSSR count). The van der Waals surface area contributed by atoms with Gasteiger partial charge in [-0.3, -0.25) is 13.6 Å². The number of aliphatic hydroxyl groups is 1. The van der Waals surface area contributed by atoms with Gasteiger partial charge in [0.05, 0.1) is 19.8 Å². The third-order valence-electron chi connectivity index (χ3n) is 2.73. The number of rotatable bonds is 14. The van der Waals surface area contributed by atoms with E-state index in [0.717, 1.165) is 33.5 Å². The molecule has 0 aromatic rings. The third kappa shape index (κ3) is 25.6. The molecule has 0 saturated carbocycles. The van der Waals surface area contributed by atoms with Crippen molar-refractivity contribution in [1.29, 1.82) is 0 Å². The van der Waals surface area contributed by atoms with Gasteiger partial charge in [0.1, 0.15) is 13.7 Å². The molecule has 177 valence electrons. The van der Waals surface area contributed by atoms with Crippen molar-refractivity contribution < 1.29 is 88.8 Å². The molecule has 29 heavy (non-hydrogen) atoms. The first-order valence-corrected chi connectivity index (χ1v) is 12.7. The zero-order valence-electron chi connectivity index (χ0n) is 16.4. The van der Waals surface area contributed by atoms with Gasteiger partial charge in [0, 0.05) is 53.1 Å². The normalized spacial score (nSPS) is 17.8. The van der Waals surface area contributed by atoms with Crippen LogP contribution in [0.1, 0.15) is 40.5 Å². The summed E-state index contributed by atoms with van der Waals surface area (Å²) in [6.45, 7) is 2.73. The summed E-state index contributed by atoms with van der Waals surface area (Å²) >= 11 is 0. The number of hydrogen-bond acceptors (Lipinski definition) is 11. The molecular formula is C13H33O12P3Y-2. The van der Waals surface area contributed by atoms with E-state index in [4.69, 9.17) is 10.00 Å². The van der Waals surface area contributed by atoms with Gasteiger partial charge < -0.3 is 37.9 Å². The van der Waals surface area contributed by atoms with Crippen molar-refractivity contribution in [2.24, 2.45) is 0 Å². The van der Waals surface area contributed by atoms with Gasteiger partial charge in [0.2, 0.25) is 0 Å². The van der Waals surface area contributed by atoms with Gasteiger partial charge in [0.15, 0.2) is 0 Å². The molecule has 4 atom stereocenters. The van der Waals surface area contributed by atoms with Gasteiger partial charge in [-0.15, -0.1) is 0 Å². The van der Waals surface area contributed by atoms with E-state index >= 15 is 0 Å². The molecule has 0 aliphatic carbocycles. The van der Waals surface area contributed by atoms with Crippen LogP contribution >= 0.6 is 23.2 Å². The summed E-state index contributed by atoms with van der Waals surface area (Å²) in [5.74, 6) is 0. The van der Waals surface area contributed by atoms with Crippen LogP contribution < -0.4 is 9.79 Å². The topological polar surface area (TPSA) is 184 Å². The van der Waals surface area contributed by atoms with E-state index in [1.165, 1.54) is 0 Å². The van der Waals surface area contributed by atoms with Gasteiger partial charge >= 0.3 is 7.82 Å². The fourth-order valence-corrected chi connectivity index (χ4v) is 2.67. The molecular weight excluding hydrogens is 530 g/mol. The minimum atomic E-state index is -4.43. The monoisotopic (exact) mass is 563 g/mol. The number of unbranched alkanes of at least 4 members (excludes halogenated alkanes) is 2. The average Bonchev–Trinajstić information content (AvgIpc) is 2.62. The quantitative estimate of drug-likeness (QED) is 0.230. The van der Waals surface area contributed by atoms with Crippen molar-refractivity contribution in [2.75, 3.05) is 40.2 Å². The van der Waals surface area contributed by atoms with Crippen LogP contribution in [-0.4, -0.2) is 56.3 Å². The summed E-state index contributed by atoms with van der Waals surface area (Å²) in [4.78, 5) is 30.2. The second-order valence-corrected chi connectivity index (χ2v) is 10.2. The molecule has 12 nitrogen and oxygen atoms in total. The van der Waals surface area contributed by atoms with E-state index in [9.17, 15) is 23.5 Å². The molecule has 0 fully saturated rings. The van der Waals surface area contributed by atoms with Gasteiger partial charge in [-0.1, -0.05) is 34.1 Å². The first kappa shape index (κ1) is 37.7. The Balaban J connectivity index is -0.000000214. The van der Waals surface area contributed by atoms with Crippen LogP contribution in [0.4, 0.5) is 0 Å². The van der Waals surface area contributed by atoms with Crippen LogP contribution in [0.25, 0.3) is 0 Å². The number of phosphoric acid groups is 2. The summed E-state index contributed by atoms with van der Waals surface area (Å²) in [5, 5.41) is 9.11. The molecule has 16 heteroatoms. The van der Waals surface area contributed by atoms with E-state index in [-0.39, 0.29) is 46.3 Å². The second kappa shape index (κ2) is 20.1. The molecule has 0 aliphatic heterocycles. The average molecular weight is 563 g/mol. The Morgan fingerprint density at radius 2 is 1.45 bits per heavy atom. The first-order chi connectivity index (χ1) is 12.3. The van der Waals surface area contributed by atoms with Crippen LogP contribution in [0.2, 0.25) is 0 Å². The largest absolute Gasteiger partial charge is 0.779 e. The zero-order chi connectivity index (χ0) is 21.6.